The first-order valence-electron chi connectivity index (χ1n) is 10.1. The first kappa shape index (κ1) is 20.6. The minimum absolute atomic E-state index is 0.159. The van der Waals surface area contributed by atoms with Crippen LogP contribution in [0, 0.1) is 0 Å². The maximum atomic E-state index is 11.7. The van der Waals surface area contributed by atoms with Crippen molar-refractivity contribution < 1.29 is 14.3 Å². The number of piperazine rings is 1. The third-order valence-electron chi connectivity index (χ3n) is 5.02. The summed E-state index contributed by atoms with van der Waals surface area (Å²) in [7, 11) is 0. The fourth-order valence-electron chi connectivity index (χ4n) is 3.78. The number of rotatable bonds is 4. The van der Waals surface area contributed by atoms with E-state index in [1.807, 2.05) is 20.8 Å². The third-order valence-corrected chi connectivity index (χ3v) is 5.02. The number of nitrogens with one attached hydrogen (secondary N) is 1. The maximum Gasteiger partial charge on any atom is 0.407 e. The van der Waals surface area contributed by atoms with E-state index in [1.165, 1.54) is 5.56 Å². The summed E-state index contributed by atoms with van der Waals surface area (Å²) in [5.74, 6) is 0.957. The van der Waals surface area contributed by atoms with Gasteiger partial charge in [-0.1, -0.05) is 0 Å². The molecular weight excluding hydrogens is 356 g/mol. The number of benzene rings is 1. The van der Waals surface area contributed by atoms with Crippen LogP contribution in [0.25, 0.3) is 0 Å². The fourth-order valence-corrected chi connectivity index (χ4v) is 3.78. The Morgan fingerprint density at radius 1 is 1.25 bits per heavy atom. The zero-order chi connectivity index (χ0) is 20.5. The number of carbonyl (C=O) groups excluding carboxylic acids is 1. The number of anilines is 2. The first-order valence-corrected chi connectivity index (χ1v) is 10.1. The van der Waals surface area contributed by atoms with Crippen LogP contribution in [-0.4, -0.2) is 61.5 Å². The van der Waals surface area contributed by atoms with Gasteiger partial charge < -0.3 is 25.4 Å². The minimum atomic E-state index is -0.468. The Bertz CT molecular complexity index is 719. The average molecular weight is 391 g/mol. The highest BCUT2D eigenvalue weighted by atomic mass is 16.6. The molecule has 0 saturated carbocycles. The third kappa shape index (κ3) is 5.22. The average Bonchev–Trinajstić information content (AvgIpc) is 2.86. The lowest BCUT2D eigenvalue weighted by atomic mass is 10.0. The van der Waals surface area contributed by atoms with Gasteiger partial charge in [0, 0.05) is 57.3 Å². The van der Waals surface area contributed by atoms with Crippen LogP contribution in [-0.2, 0) is 11.2 Å². The smallest absolute Gasteiger partial charge is 0.407 e. The minimum Gasteiger partial charge on any atom is -0.487 e. The molecule has 7 nitrogen and oxygen atoms in total. The number of hydrogen-bond donors (Lipinski definition) is 2. The normalized spacial score (nSPS) is 19.1. The Kier molecular flexibility index (Phi) is 5.66. The van der Waals surface area contributed by atoms with Gasteiger partial charge in [-0.3, -0.25) is 4.90 Å². The van der Waals surface area contributed by atoms with Gasteiger partial charge in [-0.2, -0.15) is 0 Å². The second-order valence-electron chi connectivity index (χ2n) is 9.31. The van der Waals surface area contributed by atoms with E-state index >= 15 is 0 Å². The van der Waals surface area contributed by atoms with E-state index in [2.05, 4.69) is 41.1 Å². The number of alkyl carbamates (subject to hydrolysis) is 1. The lowest BCUT2D eigenvalue weighted by Gasteiger charge is -2.36. The molecule has 0 bridgehead atoms. The summed E-state index contributed by atoms with van der Waals surface area (Å²) in [6.45, 7) is 14.9. The highest BCUT2D eigenvalue weighted by Gasteiger charge is 2.31. The van der Waals surface area contributed by atoms with Gasteiger partial charge in [-0.05, 0) is 40.7 Å². The number of amides is 1. The van der Waals surface area contributed by atoms with E-state index in [9.17, 15) is 4.79 Å². The van der Waals surface area contributed by atoms with Crippen molar-refractivity contribution in [1.29, 1.82) is 0 Å². The molecule has 0 radical (unpaired) electrons. The Labute approximate surface area is 168 Å². The van der Waals surface area contributed by atoms with Crippen molar-refractivity contribution in [3.63, 3.8) is 0 Å². The van der Waals surface area contributed by atoms with Gasteiger partial charge in [0.1, 0.15) is 17.0 Å². The molecule has 2 heterocycles. The molecule has 7 heteroatoms. The molecule has 3 rings (SSSR count). The van der Waals surface area contributed by atoms with Crippen LogP contribution >= 0.6 is 0 Å². The molecule has 1 aromatic carbocycles. The van der Waals surface area contributed by atoms with Crippen LogP contribution in [0.5, 0.6) is 5.75 Å². The largest absolute Gasteiger partial charge is 0.487 e. The predicted octanol–water partition coefficient (Wildman–Crippen LogP) is 2.63. The fraction of sp³-hybridized carbons (Fsp3) is 0.667. The lowest BCUT2D eigenvalue weighted by molar-refractivity contribution is 0.0521. The summed E-state index contributed by atoms with van der Waals surface area (Å²) in [4.78, 5) is 16.4. The molecule has 2 aliphatic heterocycles. The summed E-state index contributed by atoms with van der Waals surface area (Å²) in [5.41, 5.74) is 8.78. The number of nitrogens with zero attached hydrogens (tertiary/aromatic N) is 2. The van der Waals surface area contributed by atoms with Crippen molar-refractivity contribution >= 4 is 17.5 Å². The molecule has 0 atom stereocenters. The summed E-state index contributed by atoms with van der Waals surface area (Å²) in [6.07, 6.45) is 0.533. The SMILES string of the molecule is CC(C)(C)OC(=O)NCCN1CCN(c2cc3c(cc2N)CC(C)(C)O3)CC1. The van der Waals surface area contributed by atoms with Crippen LogP contribution < -0.4 is 20.7 Å². The summed E-state index contributed by atoms with van der Waals surface area (Å²) in [5, 5.41) is 2.82. The first-order chi connectivity index (χ1) is 13.0. The highest BCUT2D eigenvalue weighted by Crippen LogP contribution is 2.40. The van der Waals surface area contributed by atoms with Crippen molar-refractivity contribution in [1.82, 2.24) is 10.2 Å². The van der Waals surface area contributed by atoms with Crippen LogP contribution in [0.4, 0.5) is 16.2 Å². The predicted molar refractivity (Wildman–Crippen MR) is 112 cm³/mol. The molecule has 1 aromatic rings. The number of fused-ring (bicyclic) bond motifs is 1. The molecular formula is C21H34N4O3. The van der Waals surface area contributed by atoms with E-state index in [1.54, 1.807) is 0 Å². The molecule has 2 aliphatic rings. The molecule has 156 valence electrons. The van der Waals surface area contributed by atoms with Crippen LogP contribution in [0.15, 0.2) is 12.1 Å². The van der Waals surface area contributed by atoms with Crippen LogP contribution in [0.2, 0.25) is 0 Å². The molecule has 0 aromatic heterocycles. The molecule has 0 spiro atoms. The molecule has 3 N–H and O–H groups in total. The van der Waals surface area contributed by atoms with E-state index < -0.39 is 5.60 Å². The Hall–Kier alpha value is -2.15. The van der Waals surface area contributed by atoms with Crippen molar-refractivity contribution in [2.75, 3.05) is 49.9 Å². The molecule has 1 fully saturated rings. The van der Waals surface area contributed by atoms with Gasteiger partial charge in [0.2, 0.25) is 0 Å². The number of ether oxygens (including phenoxy) is 2. The van der Waals surface area contributed by atoms with Gasteiger partial charge in [0.25, 0.3) is 0 Å². The zero-order valence-corrected chi connectivity index (χ0v) is 17.8. The van der Waals surface area contributed by atoms with E-state index in [-0.39, 0.29) is 11.7 Å². The monoisotopic (exact) mass is 390 g/mol. The van der Waals surface area contributed by atoms with Gasteiger partial charge in [0.15, 0.2) is 0 Å². The summed E-state index contributed by atoms with van der Waals surface area (Å²) < 4.78 is 11.3. The van der Waals surface area contributed by atoms with Crippen molar-refractivity contribution in [3.05, 3.63) is 17.7 Å². The van der Waals surface area contributed by atoms with Crippen molar-refractivity contribution in [2.45, 2.75) is 52.2 Å². The highest BCUT2D eigenvalue weighted by molar-refractivity contribution is 5.72. The number of nitrogen functional groups attached to an aromatic ring is 1. The van der Waals surface area contributed by atoms with Gasteiger partial charge in [0.05, 0.1) is 11.4 Å². The summed E-state index contributed by atoms with van der Waals surface area (Å²) in [6, 6.07) is 4.16. The van der Waals surface area contributed by atoms with Gasteiger partial charge in [-0.15, -0.1) is 0 Å². The Morgan fingerprint density at radius 3 is 2.57 bits per heavy atom. The number of nitrogens with two attached hydrogens (primary N) is 1. The zero-order valence-electron chi connectivity index (χ0n) is 17.8. The molecule has 1 saturated heterocycles. The van der Waals surface area contributed by atoms with Crippen LogP contribution in [0.1, 0.15) is 40.2 Å². The second kappa shape index (κ2) is 7.70. The van der Waals surface area contributed by atoms with E-state index in [4.69, 9.17) is 15.2 Å². The van der Waals surface area contributed by atoms with Crippen molar-refractivity contribution in [2.24, 2.45) is 0 Å². The standard InChI is InChI=1S/C21H34N4O3/c1-20(2,3)28-19(26)23-6-7-24-8-10-25(11-9-24)17-13-18-15(12-16(17)22)14-21(4,5)27-18/h12-13H,6-11,14,22H2,1-5H3,(H,23,26). The molecule has 28 heavy (non-hydrogen) atoms. The second-order valence-corrected chi connectivity index (χ2v) is 9.31. The summed E-state index contributed by atoms with van der Waals surface area (Å²) >= 11 is 0. The number of carbonyl (C=O) groups is 1. The van der Waals surface area contributed by atoms with Crippen molar-refractivity contribution in [3.8, 4) is 5.75 Å². The van der Waals surface area contributed by atoms with E-state index in [0.717, 1.165) is 56.3 Å². The Balaban J connectivity index is 1.48. The molecule has 0 unspecified atom stereocenters. The quantitative estimate of drug-likeness (QED) is 0.770. The topological polar surface area (TPSA) is 80.1 Å². The van der Waals surface area contributed by atoms with Gasteiger partial charge in [-0.25, -0.2) is 4.79 Å². The van der Waals surface area contributed by atoms with E-state index in [0.29, 0.717) is 6.54 Å². The lowest BCUT2D eigenvalue weighted by Crippen LogP contribution is -2.48. The number of hydrogen-bond acceptors (Lipinski definition) is 6. The van der Waals surface area contributed by atoms with Gasteiger partial charge >= 0.3 is 6.09 Å². The molecule has 0 aliphatic carbocycles. The van der Waals surface area contributed by atoms with Crippen LogP contribution in [0.3, 0.4) is 0 Å². The molecule has 1 amide bonds. The Morgan fingerprint density at radius 2 is 1.93 bits per heavy atom. The maximum absolute atomic E-state index is 11.7.